The molecule has 0 amide bonds. The van der Waals surface area contributed by atoms with Crippen molar-refractivity contribution in [1.29, 1.82) is 0 Å². The highest BCUT2D eigenvalue weighted by atomic mass is 32.1. The first-order chi connectivity index (χ1) is 10.7. The third kappa shape index (κ3) is 2.80. The minimum Gasteiger partial charge on any atom is -0.501 e. The van der Waals surface area contributed by atoms with E-state index < -0.39 is 0 Å². The Bertz CT molecular complexity index is 822. The average Bonchev–Trinajstić information content (AvgIpc) is 2.76. The summed E-state index contributed by atoms with van der Waals surface area (Å²) in [6.07, 6.45) is 8.62. The zero-order chi connectivity index (χ0) is 15.5. The minimum atomic E-state index is 0.580. The molecule has 0 saturated heterocycles. The van der Waals surface area contributed by atoms with Crippen molar-refractivity contribution in [3.8, 4) is 5.69 Å². The Hall–Kier alpha value is -2.40. The van der Waals surface area contributed by atoms with Crippen LogP contribution in [0.25, 0.3) is 11.3 Å². The molecule has 1 aliphatic rings. The van der Waals surface area contributed by atoms with Crippen molar-refractivity contribution in [3.63, 3.8) is 0 Å². The number of hydrogen-bond acceptors (Lipinski definition) is 3. The van der Waals surface area contributed by atoms with Crippen LogP contribution in [0.15, 0.2) is 54.3 Å². The molecule has 0 atom stereocenters. The number of benzene rings is 1. The Morgan fingerprint density at radius 1 is 1.18 bits per heavy atom. The fraction of sp³-hybridized carbons (Fsp3) is 0.176. The Morgan fingerprint density at radius 3 is 2.64 bits per heavy atom. The van der Waals surface area contributed by atoms with Crippen molar-refractivity contribution in [2.75, 3.05) is 7.11 Å². The van der Waals surface area contributed by atoms with Gasteiger partial charge in [-0.15, -0.1) is 0 Å². The van der Waals surface area contributed by atoms with E-state index in [4.69, 9.17) is 17.0 Å². The molecule has 1 aliphatic carbocycles. The summed E-state index contributed by atoms with van der Waals surface area (Å²) < 4.78 is 7.92. The molecule has 5 heteroatoms. The van der Waals surface area contributed by atoms with Gasteiger partial charge in [0.15, 0.2) is 10.6 Å². The lowest BCUT2D eigenvalue weighted by molar-refractivity contribution is 0.286. The SMILES string of the molecule is COC1=CC=CC=C(c2n[nH]c(=S)n2-c2ccc(C)cc2)C1. The number of rotatable bonds is 3. The molecule has 22 heavy (non-hydrogen) atoms. The number of aromatic nitrogens is 3. The molecule has 0 radical (unpaired) electrons. The first-order valence-electron chi connectivity index (χ1n) is 7.04. The van der Waals surface area contributed by atoms with Gasteiger partial charge in [-0.1, -0.05) is 35.9 Å². The Kier molecular flexibility index (Phi) is 4.06. The molecule has 0 bridgehead atoms. The number of nitrogens with one attached hydrogen (secondary N) is 1. The van der Waals surface area contributed by atoms with E-state index in [9.17, 15) is 0 Å². The van der Waals surface area contributed by atoms with Gasteiger partial charge in [0.25, 0.3) is 0 Å². The van der Waals surface area contributed by atoms with Crippen LogP contribution in [-0.4, -0.2) is 21.9 Å². The van der Waals surface area contributed by atoms with E-state index in [2.05, 4.69) is 29.3 Å². The molecule has 0 saturated carbocycles. The topological polar surface area (TPSA) is 42.8 Å². The van der Waals surface area contributed by atoms with Crippen LogP contribution in [-0.2, 0) is 4.74 Å². The molecule has 0 spiro atoms. The highest BCUT2D eigenvalue weighted by Crippen LogP contribution is 2.26. The molecule has 1 aromatic carbocycles. The Balaban J connectivity index is 2.08. The molecule has 0 aliphatic heterocycles. The number of allylic oxidation sites excluding steroid dienone is 5. The minimum absolute atomic E-state index is 0.580. The van der Waals surface area contributed by atoms with Gasteiger partial charge in [0, 0.05) is 17.7 Å². The fourth-order valence-corrected chi connectivity index (χ4v) is 2.62. The van der Waals surface area contributed by atoms with Gasteiger partial charge in [-0.2, -0.15) is 5.10 Å². The predicted molar refractivity (Wildman–Crippen MR) is 90.3 cm³/mol. The van der Waals surface area contributed by atoms with E-state index >= 15 is 0 Å². The molecule has 2 aromatic rings. The van der Waals surface area contributed by atoms with Crippen LogP contribution >= 0.6 is 12.2 Å². The lowest BCUT2D eigenvalue weighted by atomic mass is 10.1. The molecule has 112 valence electrons. The van der Waals surface area contributed by atoms with Crippen LogP contribution in [0.2, 0.25) is 0 Å². The van der Waals surface area contributed by atoms with Crippen molar-refractivity contribution in [2.45, 2.75) is 13.3 Å². The number of nitrogens with zero attached hydrogens (tertiary/aromatic N) is 2. The summed E-state index contributed by atoms with van der Waals surface area (Å²) in [4.78, 5) is 0. The van der Waals surface area contributed by atoms with E-state index in [1.807, 2.05) is 41.0 Å². The quantitative estimate of drug-likeness (QED) is 0.867. The molecule has 1 N–H and O–H groups in total. The summed E-state index contributed by atoms with van der Waals surface area (Å²) in [6, 6.07) is 8.22. The average molecular weight is 311 g/mol. The van der Waals surface area contributed by atoms with Gasteiger partial charge in [-0.05, 0) is 37.4 Å². The highest BCUT2D eigenvalue weighted by Gasteiger charge is 2.15. The third-order valence-corrected chi connectivity index (χ3v) is 3.84. The normalized spacial score (nSPS) is 14.3. The van der Waals surface area contributed by atoms with E-state index in [-0.39, 0.29) is 0 Å². The zero-order valence-corrected chi connectivity index (χ0v) is 13.4. The fourth-order valence-electron chi connectivity index (χ4n) is 2.38. The van der Waals surface area contributed by atoms with Gasteiger partial charge in [-0.3, -0.25) is 9.67 Å². The Morgan fingerprint density at radius 2 is 1.91 bits per heavy atom. The second kappa shape index (κ2) is 6.15. The first-order valence-corrected chi connectivity index (χ1v) is 7.45. The number of aromatic amines is 1. The van der Waals surface area contributed by atoms with Crippen LogP contribution in [0.4, 0.5) is 0 Å². The summed E-state index contributed by atoms with van der Waals surface area (Å²) >= 11 is 5.40. The van der Waals surface area contributed by atoms with Gasteiger partial charge in [0.2, 0.25) is 0 Å². The van der Waals surface area contributed by atoms with Crippen LogP contribution in [0.3, 0.4) is 0 Å². The van der Waals surface area contributed by atoms with Crippen LogP contribution < -0.4 is 0 Å². The number of methoxy groups -OCH3 is 1. The molecular weight excluding hydrogens is 294 g/mol. The lowest BCUT2D eigenvalue weighted by Crippen LogP contribution is -2.02. The summed E-state index contributed by atoms with van der Waals surface area (Å²) in [5.74, 6) is 1.70. The number of ether oxygens (including phenoxy) is 1. The molecule has 4 nitrogen and oxygen atoms in total. The van der Waals surface area contributed by atoms with Gasteiger partial charge in [0.05, 0.1) is 7.11 Å². The van der Waals surface area contributed by atoms with Gasteiger partial charge >= 0.3 is 0 Å². The van der Waals surface area contributed by atoms with Gasteiger partial charge in [-0.25, -0.2) is 0 Å². The second-order valence-corrected chi connectivity index (χ2v) is 5.50. The monoisotopic (exact) mass is 311 g/mol. The van der Waals surface area contributed by atoms with Crippen LogP contribution in [0.5, 0.6) is 0 Å². The van der Waals surface area contributed by atoms with Crippen molar-refractivity contribution >= 4 is 17.8 Å². The standard InChI is InChI=1S/C17H17N3OS/c1-12-7-9-14(10-8-12)20-16(18-19-17(20)22)13-5-3-4-6-15(11-13)21-2/h3-10H,11H2,1-2H3,(H,19,22). The highest BCUT2D eigenvalue weighted by molar-refractivity contribution is 7.71. The zero-order valence-electron chi connectivity index (χ0n) is 12.5. The van der Waals surface area contributed by atoms with Crippen LogP contribution in [0, 0.1) is 11.7 Å². The molecular formula is C17H17N3OS. The molecule has 3 rings (SSSR count). The molecule has 0 fully saturated rings. The number of H-pyrrole nitrogens is 1. The summed E-state index contributed by atoms with van der Waals surface area (Å²) in [5.41, 5.74) is 3.26. The molecule has 1 heterocycles. The van der Waals surface area contributed by atoms with Crippen molar-refractivity contribution in [2.24, 2.45) is 0 Å². The van der Waals surface area contributed by atoms with Crippen molar-refractivity contribution < 1.29 is 4.74 Å². The summed E-state index contributed by atoms with van der Waals surface area (Å²) in [5, 5.41) is 7.30. The second-order valence-electron chi connectivity index (χ2n) is 5.11. The largest absolute Gasteiger partial charge is 0.501 e. The predicted octanol–water partition coefficient (Wildman–Crippen LogP) is 4.11. The third-order valence-electron chi connectivity index (χ3n) is 3.57. The van der Waals surface area contributed by atoms with E-state index in [1.54, 1.807) is 7.11 Å². The van der Waals surface area contributed by atoms with E-state index in [1.165, 1.54) is 5.56 Å². The number of aryl methyl sites for hydroxylation is 1. The smallest absolute Gasteiger partial charge is 0.200 e. The molecule has 0 unspecified atom stereocenters. The van der Waals surface area contributed by atoms with Crippen molar-refractivity contribution in [1.82, 2.24) is 14.8 Å². The maximum absolute atomic E-state index is 5.40. The first kappa shape index (κ1) is 14.5. The maximum Gasteiger partial charge on any atom is 0.200 e. The Labute approximate surface area is 134 Å². The van der Waals surface area contributed by atoms with Gasteiger partial charge in [0.1, 0.15) is 5.76 Å². The lowest BCUT2D eigenvalue weighted by Gasteiger charge is -2.11. The molecule has 1 aromatic heterocycles. The van der Waals surface area contributed by atoms with E-state index in [0.717, 1.165) is 22.8 Å². The summed E-state index contributed by atoms with van der Waals surface area (Å²) in [6.45, 7) is 2.06. The van der Waals surface area contributed by atoms with Crippen molar-refractivity contribution in [3.05, 3.63) is 70.5 Å². The summed E-state index contributed by atoms with van der Waals surface area (Å²) in [7, 11) is 1.68. The van der Waals surface area contributed by atoms with Crippen LogP contribution in [0.1, 0.15) is 17.8 Å². The van der Waals surface area contributed by atoms with E-state index in [0.29, 0.717) is 11.2 Å². The number of hydrogen-bond donors (Lipinski definition) is 1. The van der Waals surface area contributed by atoms with Gasteiger partial charge < -0.3 is 4.74 Å². The maximum atomic E-state index is 5.40.